The minimum Gasteiger partial charge on any atom is -0.214 e. The van der Waals surface area contributed by atoms with Gasteiger partial charge in [-0.1, -0.05) is 18.1 Å². The Balaban J connectivity index is 0.000000318. The molecule has 0 saturated heterocycles. The normalized spacial score (nSPS) is 8.38. The maximum absolute atomic E-state index is 2.25. The Morgan fingerprint density at radius 1 is 1.06 bits per heavy atom. The van der Waals surface area contributed by atoms with Crippen LogP contribution in [0.3, 0.4) is 0 Å². The molecule has 0 fully saturated rings. The first-order chi connectivity index (χ1) is 7.29. The Morgan fingerprint density at radius 3 is 2.00 bits per heavy atom. The van der Waals surface area contributed by atoms with E-state index >= 15 is 0 Å². The summed E-state index contributed by atoms with van der Waals surface area (Å²) in [4.78, 5) is 0. The van der Waals surface area contributed by atoms with Gasteiger partial charge in [-0.25, -0.2) is 24.3 Å². The predicted octanol–water partition coefficient (Wildman–Crippen LogP) is 4.32. The van der Waals surface area contributed by atoms with Crippen LogP contribution in [0.1, 0.15) is 19.4 Å². The van der Waals surface area contributed by atoms with Gasteiger partial charge in [-0.05, 0) is 13.8 Å². The summed E-state index contributed by atoms with van der Waals surface area (Å²) in [5.41, 5.74) is 2.79. The summed E-state index contributed by atoms with van der Waals surface area (Å²) >= 11 is 0. The van der Waals surface area contributed by atoms with Crippen molar-refractivity contribution < 1.29 is 17.1 Å². The molecule has 0 amide bonds. The zero-order chi connectivity index (χ0) is 10.9. The van der Waals surface area contributed by atoms with E-state index in [1.54, 1.807) is 0 Å². The van der Waals surface area contributed by atoms with Crippen LogP contribution in [0.5, 0.6) is 0 Å². The third-order valence-electron chi connectivity index (χ3n) is 2.03. The third kappa shape index (κ3) is 7.28. The van der Waals surface area contributed by atoms with Gasteiger partial charge in [-0.2, -0.15) is 35.9 Å². The monoisotopic (exact) mass is 254 g/mol. The van der Waals surface area contributed by atoms with E-state index in [-0.39, 0.29) is 17.1 Å². The SMILES string of the molecule is CC(C)=CC[c-]1cccc1.[Fe+2].c1cc[cH-]c1. The Morgan fingerprint density at radius 2 is 1.62 bits per heavy atom. The van der Waals surface area contributed by atoms with Crippen LogP contribution in [0.4, 0.5) is 0 Å². The average Bonchev–Trinajstić information content (AvgIpc) is 2.91. The molecule has 1 heteroatoms. The second-order valence-corrected chi connectivity index (χ2v) is 3.74. The van der Waals surface area contributed by atoms with Crippen molar-refractivity contribution >= 4 is 0 Å². The van der Waals surface area contributed by atoms with E-state index < -0.39 is 0 Å². The first-order valence-corrected chi connectivity index (χ1v) is 5.29. The zero-order valence-electron chi connectivity index (χ0n) is 9.83. The van der Waals surface area contributed by atoms with E-state index in [9.17, 15) is 0 Å². The van der Waals surface area contributed by atoms with Crippen molar-refractivity contribution in [1.29, 1.82) is 0 Å². The molecule has 0 spiro atoms. The van der Waals surface area contributed by atoms with Crippen LogP contribution >= 0.6 is 0 Å². The fourth-order valence-corrected chi connectivity index (χ4v) is 1.19. The van der Waals surface area contributed by atoms with Crippen LogP contribution in [0.2, 0.25) is 0 Å². The summed E-state index contributed by atoms with van der Waals surface area (Å²) in [7, 11) is 0. The summed E-state index contributed by atoms with van der Waals surface area (Å²) in [6.07, 6.45) is 3.32. The first-order valence-electron chi connectivity index (χ1n) is 5.29. The molecule has 2 aromatic rings. The summed E-state index contributed by atoms with van der Waals surface area (Å²) in [5.74, 6) is 0. The predicted molar refractivity (Wildman–Crippen MR) is 67.2 cm³/mol. The largest absolute Gasteiger partial charge is 2.00 e. The molecule has 0 aliphatic rings. The molecule has 0 aliphatic heterocycles. The number of rotatable bonds is 2. The van der Waals surface area contributed by atoms with Gasteiger partial charge in [-0.3, -0.25) is 0 Å². The molecular weight excluding hydrogens is 236 g/mol. The van der Waals surface area contributed by atoms with Gasteiger partial charge in [0.05, 0.1) is 0 Å². The fourth-order valence-electron chi connectivity index (χ4n) is 1.19. The average molecular weight is 254 g/mol. The Bertz CT molecular complexity index is 331. The van der Waals surface area contributed by atoms with Crippen molar-refractivity contribution in [2.75, 3.05) is 0 Å². The van der Waals surface area contributed by atoms with Crippen molar-refractivity contribution in [3.63, 3.8) is 0 Å². The number of hydrogen-bond donors (Lipinski definition) is 0. The molecule has 0 aliphatic carbocycles. The van der Waals surface area contributed by atoms with Crippen LogP contribution in [0.25, 0.3) is 0 Å². The van der Waals surface area contributed by atoms with Gasteiger partial charge >= 0.3 is 17.1 Å². The molecule has 0 radical (unpaired) electrons. The van der Waals surface area contributed by atoms with Gasteiger partial charge in [0.15, 0.2) is 0 Å². The molecule has 0 N–H and O–H groups in total. The van der Waals surface area contributed by atoms with Crippen LogP contribution in [0, 0.1) is 0 Å². The van der Waals surface area contributed by atoms with Crippen molar-refractivity contribution in [2.45, 2.75) is 20.3 Å². The van der Waals surface area contributed by atoms with E-state index in [0.717, 1.165) is 6.42 Å². The number of allylic oxidation sites excluding steroid dienone is 2. The van der Waals surface area contributed by atoms with Crippen LogP contribution in [-0.4, -0.2) is 0 Å². The molecule has 0 nitrogen and oxygen atoms in total. The molecule has 0 unspecified atom stereocenters. The molecule has 86 valence electrons. The summed E-state index contributed by atoms with van der Waals surface area (Å²) < 4.78 is 0. The quantitative estimate of drug-likeness (QED) is 0.425. The van der Waals surface area contributed by atoms with Crippen molar-refractivity contribution in [3.05, 3.63) is 71.8 Å². The van der Waals surface area contributed by atoms with Gasteiger partial charge in [-0.15, -0.1) is 0 Å². The Labute approximate surface area is 109 Å². The molecular formula is C15H18Fe. The third-order valence-corrected chi connectivity index (χ3v) is 2.03. The minimum atomic E-state index is 0. The molecule has 0 bridgehead atoms. The van der Waals surface area contributed by atoms with E-state index in [1.165, 1.54) is 11.1 Å². The van der Waals surface area contributed by atoms with Crippen LogP contribution in [0.15, 0.2) is 66.2 Å². The number of hydrogen-bond acceptors (Lipinski definition) is 0. The summed E-state index contributed by atoms with van der Waals surface area (Å²) in [6.45, 7) is 4.26. The van der Waals surface area contributed by atoms with Gasteiger partial charge in [0, 0.05) is 0 Å². The topological polar surface area (TPSA) is 0 Å². The maximum atomic E-state index is 2.25. The summed E-state index contributed by atoms with van der Waals surface area (Å²) in [6, 6.07) is 18.5. The molecule has 0 atom stereocenters. The molecule has 0 aromatic heterocycles. The van der Waals surface area contributed by atoms with Gasteiger partial charge < -0.3 is 0 Å². The van der Waals surface area contributed by atoms with Crippen LogP contribution < -0.4 is 0 Å². The smallest absolute Gasteiger partial charge is 0.214 e. The standard InChI is InChI=1S/C10H13.C5H5.Fe/c1-9(2)7-8-10-5-3-4-6-10;1-2-4-5-3-1;/h3-7H,8H2,1-2H3;1-5H;/q2*-1;+2. The van der Waals surface area contributed by atoms with Crippen molar-refractivity contribution in [3.8, 4) is 0 Å². The summed E-state index contributed by atoms with van der Waals surface area (Å²) in [5, 5.41) is 0. The van der Waals surface area contributed by atoms with Gasteiger partial charge in [0.25, 0.3) is 0 Å². The molecule has 2 aromatic carbocycles. The van der Waals surface area contributed by atoms with E-state index in [1.807, 2.05) is 30.3 Å². The fraction of sp³-hybridized carbons (Fsp3) is 0.200. The molecule has 2 rings (SSSR count). The second-order valence-electron chi connectivity index (χ2n) is 3.74. The van der Waals surface area contributed by atoms with E-state index in [4.69, 9.17) is 0 Å². The Hall–Kier alpha value is -1.04. The first kappa shape index (κ1) is 15.0. The van der Waals surface area contributed by atoms with E-state index in [0.29, 0.717) is 0 Å². The van der Waals surface area contributed by atoms with Crippen LogP contribution in [-0.2, 0) is 23.5 Å². The van der Waals surface area contributed by atoms with Gasteiger partial charge in [0.1, 0.15) is 0 Å². The zero-order valence-corrected chi connectivity index (χ0v) is 10.9. The minimum absolute atomic E-state index is 0. The van der Waals surface area contributed by atoms with Crippen molar-refractivity contribution in [2.24, 2.45) is 0 Å². The van der Waals surface area contributed by atoms with Crippen molar-refractivity contribution in [1.82, 2.24) is 0 Å². The Kier molecular flexibility index (Phi) is 8.61. The second kappa shape index (κ2) is 9.20. The molecule has 0 heterocycles. The van der Waals surface area contributed by atoms with E-state index in [2.05, 4.69) is 44.2 Å². The molecule has 16 heavy (non-hydrogen) atoms. The van der Waals surface area contributed by atoms with Gasteiger partial charge in [0.2, 0.25) is 0 Å². The molecule has 0 saturated carbocycles. The maximum Gasteiger partial charge on any atom is 2.00 e.